The smallest absolute Gasteiger partial charge is 0.148 e. The standard InChI is InChI=1S/C12H25NO3S/c1-5-12(3)8-11(6-7-16-12)13-10(2)9-17(4,14)15/h10-11,13H,5-9H2,1-4H3. The van der Waals surface area contributed by atoms with Crippen molar-refractivity contribution in [1.82, 2.24) is 5.32 Å². The second-order valence-electron chi connectivity index (χ2n) is 5.50. The average Bonchev–Trinajstić information content (AvgIpc) is 2.14. The molecule has 0 radical (unpaired) electrons. The Labute approximate surface area is 105 Å². The maximum absolute atomic E-state index is 11.2. The van der Waals surface area contributed by atoms with E-state index in [4.69, 9.17) is 4.74 Å². The first-order chi connectivity index (χ1) is 7.74. The van der Waals surface area contributed by atoms with E-state index in [1.165, 1.54) is 6.26 Å². The summed E-state index contributed by atoms with van der Waals surface area (Å²) >= 11 is 0. The van der Waals surface area contributed by atoms with Gasteiger partial charge in [-0.15, -0.1) is 0 Å². The van der Waals surface area contributed by atoms with E-state index in [-0.39, 0.29) is 17.4 Å². The van der Waals surface area contributed by atoms with Crippen LogP contribution in [0.1, 0.15) is 40.0 Å². The molecule has 1 saturated heterocycles. The lowest BCUT2D eigenvalue weighted by atomic mass is 9.89. The van der Waals surface area contributed by atoms with Gasteiger partial charge in [0.1, 0.15) is 9.84 Å². The SMILES string of the molecule is CCC1(C)CC(NC(C)CS(C)(=O)=O)CCO1. The second-order valence-corrected chi connectivity index (χ2v) is 7.69. The number of sulfone groups is 1. The third-order valence-electron chi connectivity index (χ3n) is 3.42. The molecular weight excluding hydrogens is 238 g/mol. The summed E-state index contributed by atoms with van der Waals surface area (Å²) < 4.78 is 28.2. The molecule has 102 valence electrons. The highest BCUT2D eigenvalue weighted by Crippen LogP contribution is 2.27. The van der Waals surface area contributed by atoms with Gasteiger partial charge < -0.3 is 10.1 Å². The highest BCUT2D eigenvalue weighted by atomic mass is 32.2. The number of ether oxygens (including phenoxy) is 1. The third-order valence-corrected chi connectivity index (χ3v) is 4.52. The van der Waals surface area contributed by atoms with Crippen molar-refractivity contribution in [3.8, 4) is 0 Å². The maximum atomic E-state index is 11.2. The molecule has 1 fully saturated rings. The van der Waals surface area contributed by atoms with Gasteiger partial charge in [-0.25, -0.2) is 8.42 Å². The van der Waals surface area contributed by atoms with Crippen LogP contribution in [0.4, 0.5) is 0 Å². The molecule has 0 saturated carbocycles. The van der Waals surface area contributed by atoms with Gasteiger partial charge in [-0.3, -0.25) is 0 Å². The number of nitrogens with one attached hydrogen (secondary N) is 1. The molecule has 0 aromatic carbocycles. The summed E-state index contributed by atoms with van der Waals surface area (Å²) in [7, 11) is -2.90. The van der Waals surface area contributed by atoms with E-state index < -0.39 is 9.84 Å². The summed E-state index contributed by atoms with van der Waals surface area (Å²) in [4.78, 5) is 0. The van der Waals surface area contributed by atoms with Crippen molar-refractivity contribution in [2.45, 2.75) is 57.7 Å². The molecule has 0 spiro atoms. The van der Waals surface area contributed by atoms with Crippen LogP contribution < -0.4 is 5.32 Å². The zero-order valence-electron chi connectivity index (χ0n) is 11.3. The van der Waals surface area contributed by atoms with Gasteiger partial charge in [-0.05, 0) is 33.1 Å². The Hall–Kier alpha value is -0.130. The minimum Gasteiger partial charge on any atom is -0.375 e. The van der Waals surface area contributed by atoms with E-state index in [0.29, 0.717) is 6.04 Å². The number of rotatable bonds is 5. The van der Waals surface area contributed by atoms with E-state index in [2.05, 4.69) is 19.2 Å². The molecule has 4 nitrogen and oxygen atoms in total. The largest absolute Gasteiger partial charge is 0.375 e. The summed E-state index contributed by atoms with van der Waals surface area (Å²) in [5.41, 5.74) is -0.0548. The van der Waals surface area contributed by atoms with Crippen molar-refractivity contribution in [2.24, 2.45) is 0 Å². The lowest BCUT2D eigenvalue weighted by molar-refractivity contribution is -0.0786. The summed E-state index contributed by atoms with van der Waals surface area (Å²) in [6.45, 7) is 6.94. The van der Waals surface area contributed by atoms with Crippen molar-refractivity contribution >= 4 is 9.84 Å². The Bertz CT molecular complexity index is 342. The fraction of sp³-hybridized carbons (Fsp3) is 1.00. The summed E-state index contributed by atoms with van der Waals surface area (Å²) in [5, 5.41) is 3.41. The first-order valence-electron chi connectivity index (χ1n) is 6.32. The zero-order chi connectivity index (χ0) is 13.1. The van der Waals surface area contributed by atoms with Gasteiger partial charge in [0.15, 0.2) is 0 Å². The minimum atomic E-state index is -2.90. The molecule has 1 N–H and O–H groups in total. The first kappa shape index (κ1) is 14.9. The minimum absolute atomic E-state index is 0.00852. The predicted molar refractivity (Wildman–Crippen MR) is 70.0 cm³/mol. The normalized spacial score (nSPS) is 32.4. The lowest BCUT2D eigenvalue weighted by Crippen LogP contribution is -2.49. The van der Waals surface area contributed by atoms with Gasteiger partial charge in [-0.2, -0.15) is 0 Å². The molecule has 1 heterocycles. The highest BCUT2D eigenvalue weighted by molar-refractivity contribution is 7.90. The predicted octanol–water partition coefficient (Wildman–Crippen LogP) is 1.36. The van der Waals surface area contributed by atoms with Crippen molar-refractivity contribution in [2.75, 3.05) is 18.6 Å². The van der Waals surface area contributed by atoms with E-state index in [9.17, 15) is 8.42 Å². The van der Waals surface area contributed by atoms with Crippen molar-refractivity contribution in [1.29, 1.82) is 0 Å². The van der Waals surface area contributed by atoms with Crippen molar-refractivity contribution in [3.05, 3.63) is 0 Å². The molecule has 0 aromatic rings. The molecule has 17 heavy (non-hydrogen) atoms. The summed E-state index contributed by atoms with van der Waals surface area (Å²) in [6.07, 6.45) is 4.19. The van der Waals surface area contributed by atoms with Crippen LogP contribution in [0.2, 0.25) is 0 Å². The zero-order valence-corrected chi connectivity index (χ0v) is 12.1. The summed E-state index contributed by atoms with van der Waals surface area (Å²) in [5.74, 6) is 0.202. The topological polar surface area (TPSA) is 55.4 Å². The van der Waals surface area contributed by atoms with Crippen LogP contribution >= 0.6 is 0 Å². The monoisotopic (exact) mass is 263 g/mol. The van der Waals surface area contributed by atoms with E-state index in [1.54, 1.807) is 0 Å². The molecule has 0 bridgehead atoms. The molecule has 5 heteroatoms. The van der Waals surface area contributed by atoms with Gasteiger partial charge in [0.25, 0.3) is 0 Å². The molecule has 1 aliphatic heterocycles. The molecule has 1 rings (SSSR count). The fourth-order valence-electron chi connectivity index (χ4n) is 2.42. The molecule has 0 aromatic heterocycles. The molecule has 0 amide bonds. The maximum Gasteiger partial charge on any atom is 0.148 e. The quantitative estimate of drug-likeness (QED) is 0.813. The molecule has 3 atom stereocenters. The Balaban J connectivity index is 2.46. The highest BCUT2D eigenvalue weighted by Gasteiger charge is 2.32. The fourth-order valence-corrected chi connectivity index (χ4v) is 3.43. The van der Waals surface area contributed by atoms with Gasteiger partial charge in [0.05, 0.1) is 11.4 Å². The van der Waals surface area contributed by atoms with Crippen LogP contribution in [-0.2, 0) is 14.6 Å². The molecule has 3 unspecified atom stereocenters. The van der Waals surface area contributed by atoms with Gasteiger partial charge in [-0.1, -0.05) is 6.92 Å². The van der Waals surface area contributed by atoms with Gasteiger partial charge >= 0.3 is 0 Å². The second kappa shape index (κ2) is 5.67. The Kier molecular flexibility index (Phi) is 4.98. The number of hydrogen-bond donors (Lipinski definition) is 1. The van der Waals surface area contributed by atoms with Crippen LogP contribution in [0.15, 0.2) is 0 Å². The lowest BCUT2D eigenvalue weighted by Gasteiger charge is -2.39. The van der Waals surface area contributed by atoms with Gasteiger partial charge in [0.2, 0.25) is 0 Å². The van der Waals surface area contributed by atoms with Crippen LogP contribution in [0.25, 0.3) is 0 Å². The third kappa shape index (κ3) is 5.36. The first-order valence-corrected chi connectivity index (χ1v) is 8.38. The van der Waals surface area contributed by atoms with Crippen molar-refractivity contribution < 1.29 is 13.2 Å². The Morgan fingerprint density at radius 2 is 2.18 bits per heavy atom. The van der Waals surface area contributed by atoms with Crippen LogP contribution in [0.5, 0.6) is 0 Å². The average molecular weight is 263 g/mol. The van der Waals surface area contributed by atoms with E-state index in [1.807, 2.05) is 6.92 Å². The van der Waals surface area contributed by atoms with Crippen LogP contribution in [-0.4, -0.2) is 44.7 Å². The van der Waals surface area contributed by atoms with E-state index >= 15 is 0 Å². The van der Waals surface area contributed by atoms with E-state index in [0.717, 1.165) is 25.9 Å². The Morgan fingerprint density at radius 3 is 2.71 bits per heavy atom. The van der Waals surface area contributed by atoms with Gasteiger partial charge in [0, 0.05) is 24.9 Å². The summed E-state index contributed by atoms with van der Waals surface area (Å²) in [6, 6.07) is 0.375. The number of hydrogen-bond acceptors (Lipinski definition) is 4. The molecular formula is C12H25NO3S. The van der Waals surface area contributed by atoms with Crippen LogP contribution in [0, 0.1) is 0 Å². The molecule has 1 aliphatic rings. The Morgan fingerprint density at radius 1 is 1.53 bits per heavy atom. The van der Waals surface area contributed by atoms with Crippen LogP contribution in [0.3, 0.4) is 0 Å². The molecule has 0 aliphatic carbocycles. The van der Waals surface area contributed by atoms with Crippen molar-refractivity contribution in [3.63, 3.8) is 0 Å².